The van der Waals surface area contributed by atoms with Crippen molar-refractivity contribution in [2.45, 2.75) is 26.4 Å². The minimum absolute atomic E-state index is 0.0491. The molecule has 3 nitrogen and oxygen atoms in total. The number of rotatable bonds is 5. The average Bonchev–Trinajstić information content (AvgIpc) is 2.28. The van der Waals surface area contributed by atoms with Crippen molar-refractivity contribution in [3.8, 4) is 0 Å². The number of amides is 1. The Balaban J connectivity index is 2.39. The van der Waals surface area contributed by atoms with Gasteiger partial charge in [0.2, 0.25) is 5.91 Å². The van der Waals surface area contributed by atoms with Crippen LogP contribution in [-0.2, 0) is 11.3 Å². The van der Waals surface area contributed by atoms with E-state index in [0.29, 0.717) is 6.54 Å². The predicted molar refractivity (Wildman–Crippen MR) is 74.1 cm³/mol. The van der Waals surface area contributed by atoms with Gasteiger partial charge in [-0.3, -0.25) is 4.79 Å². The molecule has 2 N–H and O–H groups in total. The van der Waals surface area contributed by atoms with E-state index in [4.69, 9.17) is 0 Å². The maximum Gasteiger partial charge on any atom is 0.236 e. The first-order valence-electron chi connectivity index (χ1n) is 5.39. The van der Waals surface area contributed by atoms with Crippen LogP contribution < -0.4 is 10.6 Å². The number of hydrogen-bond donors (Lipinski definition) is 2. The SMILES string of the molecule is CCNC(=O)C(C)NCc1ccc(I)cc1. The van der Waals surface area contributed by atoms with Crippen LogP contribution in [0.15, 0.2) is 24.3 Å². The minimum Gasteiger partial charge on any atom is -0.355 e. The first kappa shape index (κ1) is 13.4. The van der Waals surface area contributed by atoms with Crippen LogP contribution in [0.4, 0.5) is 0 Å². The van der Waals surface area contributed by atoms with E-state index in [1.165, 1.54) is 9.13 Å². The van der Waals surface area contributed by atoms with Crippen LogP contribution in [0.3, 0.4) is 0 Å². The smallest absolute Gasteiger partial charge is 0.236 e. The summed E-state index contributed by atoms with van der Waals surface area (Å²) >= 11 is 2.28. The number of halogens is 1. The van der Waals surface area contributed by atoms with Gasteiger partial charge in [0, 0.05) is 16.7 Å². The van der Waals surface area contributed by atoms with Crippen molar-refractivity contribution < 1.29 is 4.79 Å². The maximum absolute atomic E-state index is 11.4. The van der Waals surface area contributed by atoms with Gasteiger partial charge in [0.25, 0.3) is 0 Å². The molecule has 1 unspecified atom stereocenters. The Morgan fingerprint density at radius 2 is 2.00 bits per heavy atom. The van der Waals surface area contributed by atoms with Gasteiger partial charge in [-0.25, -0.2) is 0 Å². The number of carbonyl (C=O) groups is 1. The zero-order valence-corrected chi connectivity index (χ0v) is 11.7. The van der Waals surface area contributed by atoms with Gasteiger partial charge in [0.15, 0.2) is 0 Å². The Bertz CT molecular complexity index is 337. The highest BCUT2D eigenvalue weighted by Crippen LogP contribution is 2.06. The Morgan fingerprint density at radius 3 is 2.56 bits per heavy atom. The summed E-state index contributed by atoms with van der Waals surface area (Å²) in [7, 11) is 0. The summed E-state index contributed by atoms with van der Waals surface area (Å²) in [6.07, 6.45) is 0. The van der Waals surface area contributed by atoms with Crippen molar-refractivity contribution in [1.29, 1.82) is 0 Å². The molecule has 4 heteroatoms. The summed E-state index contributed by atoms with van der Waals surface area (Å²) in [6, 6.07) is 8.11. The van der Waals surface area contributed by atoms with Crippen molar-refractivity contribution in [3.05, 3.63) is 33.4 Å². The quantitative estimate of drug-likeness (QED) is 0.809. The van der Waals surface area contributed by atoms with Gasteiger partial charge in [-0.05, 0) is 54.1 Å². The molecule has 0 radical (unpaired) electrons. The third-order valence-corrected chi connectivity index (χ3v) is 2.99. The summed E-state index contributed by atoms with van der Waals surface area (Å²) in [6.45, 7) is 5.19. The number of benzene rings is 1. The van der Waals surface area contributed by atoms with Crippen molar-refractivity contribution in [3.63, 3.8) is 0 Å². The maximum atomic E-state index is 11.4. The standard InChI is InChI=1S/C12H17IN2O/c1-3-14-12(16)9(2)15-8-10-4-6-11(13)7-5-10/h4-7,9,15H,3,8H2,1-2H3,(H,14,16). The predicted octanol–water partition coefficient (Wildman–Crippen LogP) is 1.91. The summed E-state index contributed by atoms with van der Waals surface area (Å²) in [5.41, 5.74) is 1.19. The molecule has 0 spiro atoms. The van der Waals surface area contributed by atoms with E-state index in [1.54, 1.807) is 0 Å². The molecule has 0 aliphatic heterocycles. The topological polar surface area (TPSA) is 41.1 Å². The zero-order valence-electron chi connectivity index (χ0n) is 9.59. The molecule has 1 amide bonds. The summed E-state index contributed by atoms with van der Waals surface area (Å²) in [5.74, 6) is 0.0491. The third-order valence-electron chi connectivity index (χ3n) is 2.27. The molecule has 0 bridgehead atoms. The van der Waals surface area contributed by atoms with E-state index in [2.05, 4.69) is 57.5 Å². The Morgan fingerprint density at radius 1 is 1.38 bits per heavy atom. The molecule has 0 fully saturated rings. The van der Waals surface area contributed by atoms with Gasteiger partial charge in [0.05, 0.1) is 6.04 Å². The molecule has 1 atom stereocenters. The largest absolute Gasteiger partial charge is 0.355 e. The molecule has 0 saturated carbocycles. The Hall–Kier alpha value is -0.620. The Labute approximate surface area is 110 Å². The van der Waals surface area contributed by atoms with Crippen molar-refractivity contribution in [1.82, 2.24) is 10.6 Å². The van der Waals surface area contributed by atoms with E-state index >= 15 is 0 Å². The van der Waals surface area contributed by atoms with Gasteiger partial charge in [0.1, 0.15) is 0 Å². The van der Waals surface area contributed by atoms with Gasteiger partial charge in [-0.1, -0.05) is 12.1 Å². The second-order valence-electron chi connectivity index (χ2n) is 3.62. The summed E-state index contributed by atoms with van der Waals surface area (Å²) in [5, 5.41) is 5.98. The molecule has 0 aliphatic rings. The lowest BCUT2D eigenvalue weighted by Gasteiger charge is -2.13. The fraction of sp³-hybridized carbons (Fsp3) is 0.417. The molecule has 88 valence electrons. The minimum atomic E-state index is -0.153. The molecule has 1 rings (SSSR count). The van der Waals surface area contributed by atoms with E-state index < -0.39 is 0 Å². The molecule has 0 aromatic heterocycles. The fourth-order valence-electron chi connectivity index (χ4n) is 1.29. The highest BCUT2D eigenvalue weighted by Gasteiger charge is 2.10. The molecule has 0 saturated heterocycles. The van der Waals surface area contributed by atoms with Crippen LogP contribution in [0.5, 0.6) is 0 Å². The van der Waals surface area contributed by atoms with Crippen molar-refractivity contribution in [2.75, 3.05) is 6.54 Å². The Kier molecular flexibility index (Phi) is 5.76. The fourth-order valence-corrected chi connectivity index (χ4v) is 1.65. The molecular formula is C12H17IN2O. The molecule has 0 heterocycles. The van der Waals surface area contributed by atoms with Gasteiger partial charge in [-0.2, -0.15) is 0 Å². The van der Waals surface area contributed by atoms with Crippen molar-refractivity contribution >= 4 is 28.5 Å². The van der Waals surface area contributed by atoms with Crippen LogP contribution in [0.2, 0.25) is 0 Å². The third kappa shape index (κ3) is 4.49. The van der Waals surface area contributed by atoms with Crippen LogP contribution in [0.1, 0.15) is 19.4 Å². The highest BCUT2D eigenvalue weighted by molar-refractivity contribution is 14.1. The second kappa shape index (κ2) is 6.85. The normalized spacial score (nSPS) is 12.2. The lowest BCUT2D eigenvalue weighted by molar-refractivity contribution is -0.122. The van der Waals surface area contributed by atoms with Gasteiger partial charge < -0.3 is 10.6 Å². The lowest BCUT2D eigenvalue weighted by Crippen LogP contribution is -2.41. The molecular weight excluding hydrogens is 315 g/mol. The molecule has 0 aliphatic carbocycles. The first-order valence-corrected chi connectivity index (χ1v) is 6.47. The number of carbonyl (C=O) groups excluding carboxylic acids is 1. The second-order valence-corrected chi connectivity index (χ2v) is 4.87. The van der Waals surface area contributed by atoms with Crippen LogP contribution in [0, 0.1) is 3.57 Å². The summed E-state index contributed by atoms with van der Waals surface area (Å²) in [4.78, 5) is 11.4. The first-order chi connectivity index (χ1) is 7.63. The van der Waals surface area contributed by atoms with Gasteiger partial charge in [-0.15, -0.1) is 0 Å². The monoisotopic (exact) mass is 332 g/mol. The van der Waals surface area contributed by atoms with E-state index in [0.717, 1.165) is 6.54 Å². The highest BCUT2D eigenvalue weighted by atomic mass is 127. The van der Waals surface area contributed by atoms with E-state index in [-0.39, 0.29) is 11.9 Å². The van der Waals surface area contributed by atoms with E-state index in [9.17, 15) is 4.79 Å². The van der Waals surface area contributed by atoms with E-state index in [1.807, 2.05) is 13.8 Å². The number of likely N-dealkylation sites (N-methyl/N-ethyl adjacent to an activating group) is 1. The molecule has 1 aromatic carbocycles. The molecule has 1 aromatic rings. The van der Waals surface area contributed by atoms with Crippen LogP contribution >= 0.6 is 22.6 Å². The zero-order chi connectivity index (χ0) is 12.0. The average molecular weight is 332 g/mol. The number of nitrogens with one attached hydrogen (secondary N) is 2. The molecule has 16 heavy (non-hydrogen) atoms. The number of hydrogen-bond acceptors (Lipinski definition) is 2. The lowest BCUT2D eigenvalue weighted by atomic mass is 10.2. The van der Waals surface area contributed by atoms with Crippen molar-refractivity contribution in [2.24, 2.45) is 0 Å². The van der Waals surface area contributed by atoms with Crippen LogP contribution in [-0.4, -0.2) is 18.5 Å². The summed E-state index contributed by atoms with van der Waals surface area (Å²) < 4.78 is 1.22. The van der Waals surface area contributed by atoms with Crippen LogP contribution in [0.25, 0.3) is 0 Å². The van der Waals surface area contributed by atoms with Gasteiger partial charge >= 0.3 is 0 Å².